The molecule has 0 aromatic heterocycles. The Morgan fingerprint density at radius 2 is 2.06 bits per heavy atom. The van der Waals surface area contributed by atoms with Gasteiger partial charge in [-0.15, -0.1) is 0 Å². The molecule has 0 atom stereocenters. The average molecular weight is 242 g/mol. The number of benzene rings is 1. The zero-order valence-corrected chi connectivity index (χ0v) is 10.7. The first kappa shape index (κ1) is 12.6. The predicted molar refractivity (Wildman–Crippen MR) is 70.1 cm³/mol. The number of likely N-dealkylation sites (tertiary alicyclic amines) is 1. The molecule has 1 aliphatic rings. The van der Waals surface area contributed by atoms with E-state index in [2.05, 4.69) is 13.0 Å². The van der Waals surface area contributed by atoms with E-state index in [-0.39, 0.29) is 5.91 Å². The number of hydrogen-bond acceptors (Lipinski definition) is 2. The third-order valence-corrected chi connectivity index (χ3v) is 3.59. The monoisotopic (exact) mass is 242 g/mol. The smallest absolute Gasteiger partial charge is 0.254 e. The Labute approximate surface area is 108 Å². The topological polar surface area (TPSA) is 44.1 Å². The van der Waals surface area contributed by atoms with Gasteiger partial charge in [0.2, 0.25) is 0 Å². The Morgan fingerprint density at radius 3 is 2.72 bits per heavy atom. The third kappa shape index (κ3) is 2.70. The molecule has 0 aliphatic carbocycles. The molecule has 1 saturated heterocycles. The highest BCUT2D eigenvalue weighted by atomic mass is 16.2. The molecular formula is C15H18N2O. The normalized spacial score (nSPS) is 16.3. The fourth-order valence-electron chi connectivity index (χ4n) is 2.35. The summed E-state index contributed by atoms with van der Waals surface area (Å²) in [4.78, 5) is 14.3. The molecule has 1 heterocycles. The number of rotatable bonds is 2. The molecule has 0 N–H and O–H groups in total. The minimum Gasteiger partial charge on any atom is -0.339 e. The Bertz CT molecular complexity index is 468. The van der Waals surface area contributed by atoms with Crippen LogP contribution in [0.1, 0.15) is 35.7 Å². The molecule has 1 aliphatic heterocycles. The molecule has 2 rings (SSSR count). The number of carbonyl (C=O) groups excluding carboxylic acids is 1. The number of nitriles is 1. The van der Waals surface area contributed by atoms with E-state index in [1.54, 1.807) is 0 Å². The number of hydrogen-bond donors (Lipinski definition) is 0. The van der Waals surface area contributed by atoms with Crippen LogP contribution >= 0.6 is 0 Å². The molecule has 0 radical (unpaired) electrons. The SMILES string of the molecule is CC1CCN(C(=O)c2ccccc2CC#N)CC1. The highest BCUT2D eigenvalue weighted by Gasteiger charge is 2.22. The molecule has 0 bridgehead atoms. The second-order valence-electron chi connectivity index (χ2n) is 4.97. The maximum Gasteiger partial charge on any atom is 0.254 e. The summed E-state index contributed by atoms with van der Waals surface area (Å²) >= 11 is 0. The number of nitrogens with zero attached hydrogens (tertiary/aromatic N) is 2. The average Bonchev–Trinajstić information content (AvgIpc) is 2.40. The summed E-state index contributed by atoms with van der Waals surface area (Å²) in [5.41, 5.74) is 1.53. The van der Waals surface area contributed by atoms with Crippen molar-refractivity contribution < 1.29 is 4.79 Å². The first-order chi connectivity index (χ1) is 8.72. The lowest BCUT2D eigenvalue weighted by molar-refractivity contribution is 0.0696. The molecule has 1 aromatic rings. The van der Waals surface area contributed by atoms with Crippen LogP contribution in [0.3, 0.4) is 0 Å². The van der Waals surface area contributed by atoms with Crippen molar-refractivity contribution in [2.24, 2.45) is 5.92 Å². The lowest BCUT2D eigenvalue weighted by Gasteiger charge is -2.30. The van der Waals surface area contributed by atoms with Crippen molar-refractivity contribution in [3.05, 3.63) is 35.4 Å². The maximum atomic E-state index is 12.4. The van der Waals surface area contributed by atoms with Crippen LogP contribution in [-0.2, 0) is 6.42 Å². The Balaban J connectivity index is 2.16. The highest BCUT2D eigenvalue weighted by molar-refractivity contribution is 5.95. The van der Waals surface area contributed by atoms with Crippen LogP contribution in [0, 0.1) is 17.2 Å². The van der Waals surface area contributed by atoms with Crippen molar-refractivity contribution >= 4 is 5.91 Å². The van der Waals surface area contributed by atoms with Gasteiger partial charge in [0, 0.05) is 18.7 Å². The summed E-state index contributed by atoms with van der Waals surface area (Å²) in [6, 6.07) is 9.55. The van der Waals surface area contributed by atoms with E-state index >= 15 is 0 Å². The summed E-state index contributed by atoms with van der Waals surface area (Å²) in [7, 11) is 0. The number of carbonyl (C=O) groups is 1. The third-order valence-electron chi connectivity index (χ3n) is 3.59. The van der Waals surface area contributed by atoms with E-state index in [9.17, 15) is 4.79 Å². The van der Waals surface area contributed by atoms with Gasteiger partial charge >= 0.3 is 0 Å². The van der Waals surface area contributed by atoms with E-state index < -0.39 is 0 Å². The van der Waals surface area contributed by atoms with Gasteiger partial charge in [-0.2, -0.15) is 5.26 Å². The van der Waals surface area contributed by atoms with Gasteiger partial charge in [0.25, 0.3) is 5.91 Å². The molecule has 3 heteroatoms. The summed E-state index contributed by atoms with van der Waals surface area (Å²) in [6.45, 7) is 3.90. The van der Waals surface area contributed by atoms with Crippen molar-refractivity contribution in [3.8, 4) is 6.07 Å². The van der Waals surface area contributed by atoms with E-state index in [1.165, 1.54) is 0 Å². The van der Waals surface area contributed by atoms with Gasteiger partial charge in [-0.3, -0.25) is 4.79 Å². The quantitative estimate of drug-likeness (QED) is 0.800. The van der Waals surface area contributed by atoms with E-state index in [0.717, 1.165) is 31.5 Å². The van der Waals surface area contributed by atoms with Gasteiger partial charge in [0.15, 0.2) is 0 Å². The van der Waals surface area contributed by atoms with Crippen molar-refractivity contribution in [2.75, 3.05) is 13.1 Å². The minimum atomic E-state index is 0.0766. The molecule has 1 fully saturated rings. The summed E-state index contributed by atoms with van der Waals surface area (Å²) in [6.07, 6.45) is 2.45. The Kier molecular flexibility index (Phi) is 3.99. The van der Waals surface area contributed by atoms with Crippen LogP contribution in [0.5, 0.6) is 0 Å². The van der Waals surface area contributed by atoms with Crippen LogP contribution in [0.2, 0.25) is 0 Å². The van der Waals surface area contributed by atoms with E-state index in [0.29, 0.717) is 17.9 Å². The molecule has 94 valence electrons. The molecule has 1 aromatic carbocycles. The van der Waals surface area contributed by atoms with Crippen molar-refractivity contribution in [3.63, 3.8) is 0 Å². The molecule has 3 nitrogen and oxygen atoms in total. The lowest BCUT2D eigenvalue weighted by Crippen LogP contribution is -2.38. The zero-order valence-electron chi connectivity index (χ0n) is 10.7. The van der Waals surface area contributed by atoms with Crippen LogP contribution in [0.4, 0.5) is 0 Å². The van der Waals surface area contributed by atoms with Crippen molar-refractivity contribution in [2.45, 2.75) is 26.2 Å². The van der Waals surface area contributed by atoms with E-state index in [4.69, 9.17) is 5.26 Å². The number of piperidine rings is 1. The lowest BCUT2D eigenvalue weighted by atomic mass is 9.97. The van der Waals surface area contributed by atoms with Crippen molar-refractivity contribution in [1.82, 2.24) is 4.90 Å². The minimum absolute atomic E-state index is 0.0766. The molecule has 0 spiro atoms. The van der Waals surface area contributed by atoms with Gasteiger partial charge in [-0.1, -0.05) is 25.1 Å². The van der Waals surface area contributed by atoms with Crippen molar-refractivity contribution in [1.29, 1.82) is 5.26 Å². The van der Waals surface area contributed by atoms with Gasteiger partial charge in [0.1, 0.15) is 0 Å². The van der Waals surface area contributed by atoms with Crippen LogP contribution < -0.4 is 0 Å². The summed E-state index contributed by atoms with van der Waals surface area (Å²) in [5.74, 6) is 0.788. The van der Waals surface area contributed by atoms with Gasteiger partial charge in [-0.05, 0) is 30.4 Å². The largest absolute Gasteiger partial charge is 0.339 e. The first-order valence-corrected chi connectivity index (χ1v) is 6.46. The second kappa shape index (κ2) is 5.68. The van der Waals surface area contributed by atoms with Crippen LogP contribution in [0.15, 0.2) is 24.3 Å². The zero-order chi connectivity index (χ0) is 13.0. The molecule has 18 heavy (non-hydrogen) atoms. The van der Waals surface area contributed by atoms with Gasteiger partial charge < -0.3 is 4.90 Å². The Hall–Kier alpha value is -1.82. The second-order valence-corrected chi connectivity index (χ2v) is 4.97. The summed E-state index contributed by atoms with van der Waals surface area (Å²) in [5, 5.41) is 8.80. The fourth-order valence-corrected chi connectivity index (χ4v) is 2.35. The molecule has 0 unspecified atom stereocenters. The van der Waals surface area contributed by atoms with Crippen LogP contribution in [-0.4, -0.2) is 23.9 Å². The van der Waals surface area contributed by atoms with Gasteiger partial charge in [0.05, 0.1) is 12.5 Å². The Morgan fingerprint density at radius 1 is 1.39 bits per heavy atom. The molecule has 0 saturated carbocycles. The summed E-state index contributed by atoms with van der Waals surface area (Å²) < 4.78 is 0. The molecule has 1 amide bonds. The molecular weight excluding hydrogens is 224 g/mol. The number of amides is 1. The van der Waals surface area contributed by atoms with E-state index in [1.807, 2.05) is 29.2 Å². The standard InChI is InChI=1S/C15H18N2O/c1-12-7-10-17(11-8-12)15(18)14-5-3-2-4-13(14)6-9-16/h2-5,12H,6-8,10-11H2,1H3. The van der Waals surface area contributed by atoms with Crippen LogP contribution in [0.25, 0.3) is 0 Å². The predicted octanol–water partition coefficient (Wildman–Crippen LogP) is 2.62. The maximum absolute atomic E-state index is 12.4. The van der Waals surface area contributed by atoms with Gasteiger partial charge in [-0.25, -0.2) is 0 Å². The first-order valence-electron chi connectivity index (χ1n) is 6.46. The highest BCUT2D eigenvalue weighted by Crippen LogP contribution is 2.19. The fraction of sp³-hybridized carbons (Fsp3) is 0.467.